The second-order valence-corrected chi connectivity index (χ2v) is 5.60. The standard InChI is InChI=1S/C15H18ClNO4/c1-10-8-12(2-3-13(10)16)21-9-14(18)17-6-4-11(5-7-17)15(19)20/h2-3,8,11H,4-7,9H2,1H3,(H,19,20). The average Bonchev–Trinajstić information content (AvgIpc) is 2.48. The van der Waals surface area contributed by atoms with Crippen LogP contribution in [0.25, 0.3) is 0 Å². The van der Waals surface area contributed by atoms with Crippen LogP contribution in [0.15, 0.2) is 18.2 Å². The highest BCUT2D eigenvalue weighted by atomic mass is 35.5. The number of carbonyl (C=O) groups is 2. The molecule has 1 N–H and O–H groups in total. The summed E-state index contributed by atoms with van der Waals surface area (Å²) in [5, 5.41) is 9.58. The maximum absolute atomic E-state index is 12.0. The lowest BCUT2D eigenvalue weighted by Gasteiger charge is -2.30. The minimum absolute atomic E-state index is 0.0428. The van der Waals surface area contributed by atoms with E-state index < -0.39 is 5.97 Å². The molecule has 6 heteroatoms. The molecule has 0 aromatic heterocycles. The van der Waals surface area contributed by atoms with Gasteiger partial charge in [-0.3, -0.25) is 9.59 Å². The van der Waals surface area contributed by atoms with Crippen LogP contribution >= 0.6 is 11.6 Å². The zero-order chi connectivity index (χ0) is 15.4. The average molecular weight is 312 g/mol. The first-order valence-corrected chi connectivity index (χ1v) is 7.24. The number of carbonyl (C=O) groups excluding carboxylic acids is 1. The molecule has 21 heavy (non-hydrogen) atoms. The number of amides is 1. The van der Waals surface area contributed by atoms with Gasteiger partial charge in [0.2, 0.25) is 0 Å². The van der Waals surface area contributed by atoms with E-state index in [0.717, 1.165) is 5.56 Å². The molecule has 1 aliphatic rings. The Morgan fingerprint density at radius 2 is 2.05 bits per heavy atom. The highest BCUT2D eigenvalue weighted by Gasteiger charge is 2.26. The van der Waals surface area contributed by atoms with E-state index in [4.69, 9.17) is 21.4 Å². The van der Waals surface area contributed by atoms with Crippen molar-refractivity contribution in [3.8, 4) is 5.75 Å². The van der Waals surface area contributed by atoms with Crippen molar-refractivity contribution in [2.75, 3.05) is 19.7 Å². The van der Waals surface area contributed by atoms with Crippen molar-refractivity contribution in [1.82, 2.24) is 4.90 Å². The largest absolute Gasteiger partial charge is 0.484 e. The molecule has 114 valence electrons. The van der Waals surface area contributed by atoms with Crippen LogP contribution in [0.3, 0.4) is 0 Å². The van der Waals surface area contributed by atoms with Gasteiger partial charge < -0.3 is 14.7 Å². The summed E-state index contributed by atoms with van der Waals surface area (Å²) in [6.45, 7) is 2.77. The molecule has 1 saturated heterocycles. The summed E-state index contributed by atoms with van der Waals surface area (Å²) in [4.78, 5) is 24.5. The van der Waals surface area contributed by atoms with E-state index in [2.05, 4.69) is 0 Å². The molecule has 0 aliphatic carbocycles. The van der Waals surface area contributed by atoms with E-state index in [-0.39, 0.29) is 18.4 Å². The van der Waals surface area contributed by atoms with Crippen LogP contribution in [-0.2, 0) is 9.59 Å². The predicted octanol–water partition coefficient (Wildman–Crippen LogP) is 2.35. The monoisotopic (exact) mass is 311 g/mol. The number of hydrogen-bond acceptors (Lipinski definition) is 3. The summed E-state index contributed by atoms with van der Waals surface area (Å²) in [5.74, 6) is -0.638. The van der Waals surface area contributed by atoms with E-state index >= 15 is 0 Å². The number of aryl methyl sites for hydroxylation is 1. The van der Waals surface area contributed by atoms with Gasteiger partial charge in [0.05, 0.1) is 5.92 Å². The van der Waals surface area contributed by atoms with E-state index in [1.165, 1.54) is 0 Å². The van der Waals surface area contributed by atoms with Gasteiger partial charge in [-0.1, -0.05) is 11.6 Å². The lowest BCUT2D eigenvalue weighted by molar-refractivity contribution is -0.146. The second kappa shape index (κ2) is 6.80. The third-order valence-electron chi connectivity index (χ3n) is 3.69. The minimum atomic E-state index is -0.782. The molecule has 1 heterocycles. The molecule has 0 spiro atoms. The first-order valence-electron chi connectivity index (χ1n) is 6.87. The molecular formula is C15H18ClNO4. The number of rotatable bonds is 4. The highest BCUT2D eigenvalue weighted by Crippen LogP contribution is 2.21. The summed E-state index contributed by atoms with van der Waals surface area (Å²) < 4.78 is 5.46. The Labute approximate surface area is 128 Å². The Bertz CT molecular complexity index is 538. The molecule has 0 saturated carbocycles. The van der Waals surface area contributed by atoms with Crippen molar-refractivity contribution in [2.45, 2.75) is 19.8 Å². The molecule has 1 aromatic carbocycles. The molecule has 0 atom stereocenters. The number of piperidine rings is 1. The molecule has 0 radical (unpaired) electrons. The zero-order valence-electron chi connectivity index (χ0n) is 11.8. The Hall–Kier alpha value is -1.75. The molecule has 1 fully saturated rings. The fraction of sp³-hybridized carbons (Fsp3) is 0.467. The number of ether oxygens (including phenoxy) is 1. The summed E-state index contributed by atoms with van der Waals surface area (Å²) in [5.41, 5.74) is 0.892. The second-order valence-electron chi connectivity index (χ2n) is 5.19. The Balaban J connectivity index is 1.82. The number of carboxylic acid groups (broad SMARTS) is 1. The van der Waals surface area contributed by atoms with Gasteiger partial charge in [0.1, 0.15) is 5.75 Å². The number of likely N-dealkylation sites (tertiary alicyclic amines) is 1. The molecular weight excluding hydrogens is 294 g/mol. The Kier molecular flexibility index (Phi) is 5.07. The van der Waals surface area contributed by atoms with E-state index in [1.54, 1.807) is 23.1 Å². The lowest BCUT2D eigenvalue weighted by atomic mass is 9.97. The number of benzene rings is 1. The van der Waals surface area contributed by atoms with Gasteiger partial charge in [-0.15, -0.1) is 0 Å². The van der Waals surface area contributed by atoms with Crippen molar-refractivity contribution >= 4 is 23.5 Å². The van der Waals surface area contributed by atoms with Gasteiger partial charge in [0, 0.05) is 18.1 Å². The van der Waals surface area contributed by atoms with Crippen LogP contribution in [-0.4, -0.2) is 41.6 Å². The fourth-order valence-corrected chi connectivity index (χ4v) is 2.44. The number of halogens is 1. The van der Waals surface area contributed by atoms with Crippen molar-refractivity contribution in [3.63, 3.8) is 0 Å². The predicted molar refractivity (Wildman–Crippen MR) is 78.6 cm³/mol. The first-order chi connectivity index (χ1) is 9.97. The van der Waals surface area contributed by atoms with Crippen molar-refractivity contribution in [3.05, 3.63) is 28.8 Å². The maximum atomic E-state index is 12.0. The van der Waals surface area contributed by atoms with Crippen LogP contribution in [0.1, 0.15) is 18.4 Å². The van der Waals surface area contributed by atoms with Crippen LogP contribution in [0.5, 0.6) is 5.75 Å². The quantitative estimate of drug-likeness (QED) is 0.927. The third kappa shape index (κ3) is 4.11. The summed E-state index contributed by atoms with van der Waals surface area (Å²) >= 11 is 5.93. The SMILES string of the molecule is Cc1cc(OCC(=O)N2CCC(C(=O)O)CC2)ccc1Cl. The minimum Gasteiger partial charge on any atom is -0.484 e. The maximum Gasteiger partial charge on any atom is 0.306 e. The molecule has 1 aromatic rings. The van der Waals surface area contributed by atoms with Gasteiger partial charge in [0.25, 0.3) is 5.91 Å². The van der Waals surface area contributed by atoms with Gasteiger partial charge in [-0.2, -0.15) is 0 Å². The van der Waals surface area contributed by atoms with Crippen LogP contribution < -0.4 is 4.74 Å². The fourth-order valence-electron chi connectivity index (χ4n) is 2.32. The smallest absolute Gasteiger partial charge is 0.306 e. The highest BCUT2D eigenvalue weighted by molar-refractivity contribution is 6.31. The third-order valence-corrected chi connectivity index (χ3v) is 4.11. The van der Waals surface area contributed by atoms with Crippen LogP contribution in [0.2, 0.25) is 5.02 Å². The molecule has 0 unspecified atom stereocenters. The van der Waals surface area contributed by atoms with Crippen LogP contribution in [0, 0.1) is 12.8 Å². The molecule has 2 rings (SSSR count). The van der Waals surface area contributed by atoms with E-state index in [0.29, 0.717) is 36.7 Å². The van der Waals surface area contributed by atoms with E-state index in [1.807, 2.05) is 6.92 Å². The van der Waals surface area contributed by atoms with Crippen molar-refractivity contribution in [2.24, 2.45) is 5.92 Å². The van der Waals surface area contributed by atoms with Gasteiger partial charge >= 0.3 is 5.97 Å². The zero-order valence-corrected chi connectivity index (χ0v) is 12.6. The first kappa shape index (κ1) is 15.6. The number of carboxylic acids is 1. The van der Waals surface area contributed by atoms with Crippen molar-refractivity contribution < 1.29 is 19.4 Å². The summed E-state index contributed by atoms with van der Waals surface area (Å²) in [6, 6.07) is 5.24. The van der Waals surface area contributed by atoms with Crippen molar-refractivity contribution in [1.29, 1.82) is 0 Å². The van der Waals surface area contributed by atoms with Gasteiger partial charge in [-0.25, -0.2) is 0 Å². The summed E-state index contributed by atoms with van der Waals surface area (Å²) in [6.07, 6.45) is 1.00. The molecule has 1 aliphatic heterocycles. The normalized spacial score (nSPS) is 15.8. The van der Waals surface area contributed by atoms with Gasteiger partial charge in [-0.05, 0) is 43.5 Å². The summed E-state index contributed by atoms with van der Waals surface area (Å²) in [7, 11) is 0. The Morgan fingerprint density at radius 1 is 1.38 bits per heavy atom. The number of nitrogens with zero attached hydrogens (tertiary/aromatic N) is 1. The van der Waals surface area contributed by atoms with Gasteiger partial charge in [0.15, 0.2) is 6.61 Å². The number of hydrogen-bond donors (Lipinski definition) is 1. The number of aliphatic carboxylic acids is 1. The molecule has 1 amide bonds. The topological polar surface area (TPSA) is 66.8 Å². The molecule has 5 nitrogen and oxygen atoms in total. The molecule has 0 bridgehead atoms. The van der Waals surface area contributed by atoms with E-state index in [9.17, 15) is 9.59 Å². The lowest BCUT2D eigenvalue weighted by Crippen LogP contribution is -2.42. The Morgan fingerprint density at radius 3 is 2.62 bits per heavy atom. The van der Waals surface area contributed by atoms with Crippen LogP contribution in [0.4, 0.5) is 0 Å².